The molecule has 0 aromatic heterocycles. The molecule has 4 rings (SSSR count). The Morgan fingerprint density at radius 2 is 1.63 bits per heavy atom. The van der Waals surface area contributed by atoms with Crippen molar-refractivity contribution in [2.45, 2.75) is 69.9 Å². The quantitative estimate of drug-likeness (QED) is 0.478. The maximum atomic E-state index is 13.0. The minimum Gasteiger partial charge on any atom is -0.481 e. The Bertz CT molecular complexity index is 1020. The van der Waals surface area contributed by atoms with Gasteiger partial charge < -0.3 is 20.5 Å². The van der Waals surface area contributed by atoms with E-state index in [0.29, 0.717) is 12.8 Å². The number of benzene rings is 2. The van der Waals surface area contributed by atoms with Crippen molar-refractivity contribution in [1.29, 1.82) is 0 Å². The molecule has 7 nitrogen and oxygen atoms in total. The lowest BCUT2D eigenvalue weighted by atomic mass is 9.82. The van der Waals surface area contributed by atoms with Crippen molar-refractivity contribution in [2.75, 3.05) is 6.61 Å². The number of carboxylic acids is 1. The predicted molar refractivity (Wildman–Crippen MR) is 133 cm³/mol. The fourth-order valence-corrected chi connectivity index (χ4v) is 5.49. The lowest BCUT2D eigenvalue weighted by Crippen LogP contribution is -2.52. The second-order valence-electron chi connectivity index (χ2n) is 9.57. The van der Waals surface area contributed by atoms with E-state index in [1.165, 1.54) is 0 Å². The van der Waals surface area contributed by atoms with Gasteiger partial charge in [-0.05, 0) is 47.4 Å². The molecule has 2 unspecified atom stereocenters. The van der Waals surface area contributed by atoms with Crippen LogP contribution in [0.2, 0.25) is 0 Å². The van der Waals surface area contributed by atoms with Gasteiger partial charge in [0.05, 0.1) is 6.42 Å². The second kappa shape index (κ2) is 11.4. The number of alkyl carbamates (subject to hydrolysis) is 1. The average molecular weight is 479 g/mol. The molecule has 2 aromatic rings. The molecule has 2 amide bonds. The first-order valence-electron chi connectivity index (χ1n) is 12.6. The van der Waals surface area contributed by atoms with Crippen molar-refractivity contribution in [1.82, 2.24) is 10.6 Å². The van der Waals surface area contributed by atoms with E-state index in [0.717, 1.165) is 47.9 Å². The fourth-order valence-electron chi connectivity index (χ4n) is 5.49. The van der Waals surface area contributed by atoms with E-state index in [4.69, 9.17) is 4.74 Å². The number of hydrogen-bond donors (Lipinski definition) is 3. The maximum Gasteiger partial charge on any atom is 0.407 e. The van der Waals surface area contributed by atoms with E-state index in [2.05, 4.69) is 34.9 Å². The first kappa shape index (κ1) is 24.8. The number of amides is 2. The number of carbonyl (C=O) groups is 3. The third-order valence-electron chi connectivity index (χ3n) is 7.20. The molecule has 2 aromatic carbocycles. The lowest BCUT2D eigenvalue weighted by Gasteiger charge is -2.32. The van der Waals surface area contributed by atoms with Crippen LogP contribution in [-0.2, 0) is 14.3 Å². The van der Waals surface area contributed by atoms with Gasteiger partial charge in [0.2, 0.25) is 5.91 Å². The number of hydrogen-bond acceptors (Lipinski definition) is 4. The summed E-state index contributed by atoms with van der Waals surface area (Å²) in [6.07, 6.45) is 4.09. The van der Waals surface area contributed by atoms with Crippen LogP contribution in [0.3, 0.4) is 0 Å². The Balaban J connectivity index is 1.37. The summed E-state index contributed by atoms with van der Waals surface area (Å²) in [4.78, 5) is 37.0. The summed E-state index contributed by atoms with van der Waals surface area (Å²) < 4.78 is 5.62. The first-order valence-corrected chi connectivity index (χ1v) is 12.6. The molecule has 0 aliphatic heterocycles. The van der Waals surface area contributed by atoms with Gasteiger partial charge in [-0.2, -0.15) is 0 Å². The highest BCUT2D eigenvalue weighted by molar-refractivity contribution is 5.86. The average Bonchev–Trinajstić information content (AvgIpc) is 3.17. The van der Waals surface area contributed by atoms with Gasteiger partial charge in [0, 0.05) is 12.0 Å². The summed E-state index contributed by atoms with van der Waals surface area (Å²) in [7, 11) is 0. The van der Waals surface area contributed by atoms with Crippen molar-refractivity contribution in [2.24, 2.45) is 5.92 Å². The van der Waals surface area contributed by atoms with Crippen LogP contribution in [0.4, 0.5) is 4.79 Å². The highest BCUT2D eigenvalue weighted by Crippen LogP contribution is 2.44. The van der Waals surface area contributed by atoms with Gasteiger partial charge in [0.1, 0.15) is 12.6 Å². The molecule has 3 N–H and O–H groups in total. The molecule has 2 aliphatic rings. The van der Waals surface area contributed by atoms with Crippen LogP contribution in [0.1, 0.15) is 68.9 Å². The van der Waals surface area contributed by atoms with Crippen molar-refractivity contribution in [3.05, 3.63) is 59.7 Å². The minimum atomic E-state index is -0.849. The molecule has 35 heavy (non-hydrogen) atoms. The first-order chi connectivity index (χ1) is 17.0. The van der Waals surface area contributed by atoms with Crippen LogP contribution in [0.15, 0.2) is 48.5 Å². The van der Waals surface area contributed by atoms with Crippen LogP contribution in [0.25, 0.3) is 11.1 Å². The zero-order valence-corrected chi connectivity index (χ0v) is 20.2. The zero-order chi connectivity index (χ0) is 24.8. The summed E-state index contributed by atoms with van der Waals surface area (Å²) in [5.41, 5.74) is 4.57. The molecule has 186 valence electrons. The number of fused-ring (bicyclic) bond motifs is 3. The monoisotopic (exact) mass is 478 g/mol. The second-order valence-corrected chi connectivity index (χ2v) is 9.57. The lowest BCUT2D eigenvalue weighted by molar-refractivity contribution is -0.139. The number of rotatable bonds is 9. The Labute approximate surface area is 206 Å². The minimum absolute atomic E-state index is 0.0448. The van der Waals surface area contributed by atoms with Crippen LogP contribution >= 0.6 is 0 Å². The molecule has 1 fully saturated rings. The van der Waals surface area contributed by atoms with E-state index in [9.17, 15) is 19.5 Å². The van der Waals surface area contributed by atoms with Crippen molar-refractivity contribution in [3.63, 3.8) is 0 Å². The largest absolute Gasteiger partial charge is 0.481 e. The van der Waals surface area contributed by atoms with E-state index in [1.54, 1.807) is 0 Å². The van der Waals surface area contributed by atoms with Gasteiger partial charge in [-0.15, -0.1) is 0 Å². The van der Waals surface area contributed by atoms with Crippen molar-refractivity contribution in [3.8, 4) is 11.1 Å². The van der Waals surface area contributed by atoms with Gasteiger partial charge >= 0.3 is 12.1 Å². The van der Waals surface area contributed by atoms with Gasteiger partial charge in [0.15, 0.2) is 0 Å². The molecule has 0 bridgehead atoms. The van der Waals surface area contributed by atoms with E-state index in [-0.39, 0.29) is 36.8 Å². The third-order valence-corrected chi connectivity index (χ3v) is 7.20. The number of carbonyl (C=O) groups excluding carboxylic acids is 2. The number of nitrogens with one attached hydrogen (secondary N) is 2. The van der Waals surface area contributed by atoms with Gasteiger partial charge in [0.25, 0.3) is 0 Å². The highest BCUT2D eigenvalue weighted by Gasteiger charge is 2.32. The molecule has 0 heterocycles. The summed E-state index contributed by atoms with van der Waals surface area (Å²) >= 11 is 0. The van der Waals surface area contributed by atoms with E-state index < -0.39 is 18.1 Å². The molecule has 2 aliphatic carbocycles. The van der Waals surface area contributed by atoms with E-state index >= 15 is 0 Å². The molecular formula is C28H34N2O5. The predicted octanol–water partition coefficient (Wildman–Crippen LogP) is 4.84. The van der Waals surface area contributed by atoms with Crippen molar-refractivity contribution >= 4 is 18.0 Å². The zero-order valence-electron chi connectivity index (χ0n) is 20.2. The SMILES string of the molecule is CCC[C@H](NC(=O)OCC1c2ccccc2-c2ccccc21)C(=O)NC1CCCCC1CC(=O)O. The summed E-state index contributed by atoms with van der Waals surface area (Å²) in [6, 6.07) is 15.4. The fraction of sp³-hybridized carbons (Fsp3) is 0.464. The van der Waals surface area contributed by atoms with Gasteiger partial charge in [-0.1, -0.05) is 74.7 Å². The summed E-state index contributed by atoms with van der Waals surface area (Å²) in [5, 5.41) is 15.0. The van der Waals surface area contributed by atoms with Crippen LogP contribution < -0.4 is 10.6 Å². The number of aliphatic carboxylic acids is 1. The normalized spacial score (nSPS) is 19.8. The van der Waals surface area contributed by atoms with Gasteiger partial charge in [-0.25, -0.2) is 4.79 Å². The number of ether oxygens (including phenoxy) is 1. The van der Waals surface area contributed by atoms with Gasteiger partial charge in [-0.3, -0.25) is 9.59 Å². The number of carboxylic acid groups (broad SMARTS) is 1. The molecule has 3 atom stereocenters. The summed E-state index contributed by atoms with van der Waals surface area (Å²) in [5.74, 6) is -1.26. The molecule has 0 radical (unpaired) electrons. The third kappa shape index (κ3) is 5.84. The highest BCUT2D eigenvalue weighted by atomic mass is 16.5. The topological polar surface area (TPSA) is 105 Å². The standard InChI is InChI=1S/C28H34N2O5/c1-2-9-25(27(33)29-24-15-8-3-10-18(24)16-26(31)32)30-28(34)35-17-23-21-13-6-4-11-19(21)20-12-5-7-14-22(20)23/h4-7,11-14,18,23-25H,2-3,8-10,15-17H2,1H3,(H,29,33)(H,30,34)(H,31,32)/t18?,24?,25-/m0/s1. The van der Waals surface area contributed by atoms with E-state index in [1.807, 2.05) is 31.2 Å². The smallest absolute Gasteiger partial charge is 0.407 e. The molecule has 0 saturated heterocycles. The van der Waals surface area contributed by atoms with Crippen LogP contribution in [-0.4, -0.2) is 41.8 Å². The maximum absolute atomic E-state index is 13.0. The Morgan fingerprint density at radius 1 is 1.00 bits per heavy atom. The Kier molecular flexibility index (Phi) is 8.06. The Hall–Kier alpha value is -3.35. The molecule has 1 saturated carbocycles. The molecule has 0 spiro atoms. The van der Waals surface area contributed by atoms with Crippen molar-refractivity contribution < 1.29 is 24.2 Å². The summed E-state index contributed by atoms with van der Waals surface area (Å²) in [6.45, 7) is 2.14. The van der Waals surface area contributed by atoms with Crippen LogP contribution in [0, 0.1) is 5.92 Å². The Morgan fingerprint density at radius 3 is 2.26 bits per heavy atom. The molecular weight excluding hydrogens is 444 g/mol. The molecule has 7 heteroatoms. The van der Waals surface area contributed by atoms with Crippen LogP contribution in [0.5, 0.6) is 0 Å².